The first-order valence-electron chi connectivity index (χ1n) is 9.09. The summed E-state index contributed by atoms with van der Waals surface area (Å²) in [7, 11) is 0. The van der Waals surface area contributed by atoms with E-state index in [1.54, 1.807) is 0 Å². The Bertz CT molecular complexity index is 1010. The van der Waals surface area contributed by atoms with Gasteiger partial charge in [-0.15, -0.1) is 11.3 Å². The Morgan fingerprint density at radius 3 is 2.29 bits per heavy atom. The van der Waals surface area contributed by atoms with Crippen molar-refractivity contribution in [1.82, 2.24) is 0 Å². The number of benzene rings is 2. The minimum atomic E-state index is -0.599. The van der Waals surface area contributed by atoms with Gasteiger partial charge in [0.1, 0.15) is 6.04 Å². The number of rotatable bonds is 6. The van der Waals surface area contributed by atoms with Gasteiger partial charge >= 0.3 is 0 Å². The van der Waals surface area contributed by atoms with Crippen LogP contribution in [-0.4, -0.2) is 16.8 Å². The van der Waals surface area contributed by atoms with Crippen molar-refractivity contribution in [2.24, 2.45) is 0 Å². The number of carbonyl (C=O) groups is 2. The number of aliphatic hydroxyl groups excluding tert-OH is 1. The molecule has 0 saturated heterocycles. The van der Waals surface area contributed by atoms with E-state index in [2.05, 4.69) is 0 Å². The highest BCUT2D eigenvalue weighted by Gasteiger charge is 2.44. The molecule has 0 bridgehead atoms. The van der Waals surface area contributed by atoms with Gasteiger partial charge in [0.15, 0.2) is 11.5 Å². The van der Waals surface area contributed by atoms with Crippen molar-refractivity contribution in [2.75, 3.05) is 4.90 Å². The minimum absolute atomic E-state index is 0.187. The van der Waals surface area contributed by atoms with Crippen LogP contribution in [0.2, 0.25) is 0 Å². The lowest BCUT2D eigenvalue weighted by molar-refractivity contribution is -0.118. The summed E-state index contributed by atoms with van der Waals surface area (Å²) in [5.74, 6) is -1.18. The van der Waals surface area contributed by atoms with Gasteiger partial charge in [-0.2, -0.15) is 0 Å². The number of carbonyl (C=O) groups excluding carboxylic acids is 2. The van der Waals surface area contributed by atoms with Gasteiger partial charge < -0.3 is 5.11 Å². The van der Waals surface area contributed by atoms with Crippen LogP contribution in [0.3, 0.4) is 0 Å². The second-order valence-corrected chi connectivity index (χ2v) is 7.58. The van der Waals surface area contributed by atoms with Crippen molar-refractivity contribution in [1.29, 1.82) is 0 Å². The monoisotopic (exact) mass is 389 g/mol. The zero-order chi connectivity index (χ0) is 19.5. The first-order chi connectivity index (χ1) is 13.7. The molecule has 0 fully saturated rings. The van der Waals surface area contributed by atoms with E-state index >= 15 is 0 Å². The predicted octanol–water partition coefficient (Wildman–Crippen LogP) is 4.85. The smallest absolute Gasteiger partial charge is 0.294 e. The third-order valence-electron chi connectivity index (χ3n) is 4.84. The Kier molecular flexibility index (Phi) is 5.08. The molecule has 2 heterocycles. The molecule has 0 radical (unpaired) electrons. The highest BCUT2D eigenvalue weighted by Crippen LogP contribution is 2.42. The predicted molar refractivity (Wildman–Crippen MR) is 110 cm³/mol. The van der Waals surface area contributed by atoms with Gasteiger partial charge in [-0.3, -0.25) is 14.5 Å². The number of aryl methyl sites for hydroxylation is 1. The lowest BCUT2D eigenvalue weighted by atomic mass is 9.97. The summed E-state index contributed by atoms with van der Waals surface area (Å²) in [5.41, 5.74) is 1.89. The maximum Gasteiger partial charge on any atom is 0.294 e. The standard InChI is InChI=1S/C23H19NO3S/c25-18(14-13-16-8-3-1-4-9-16)20-21(19-12-7-15-28-19)24(23(27)22(20)26)17-10-5-2-6-11-17/h1-12,15,21,26H,13-14H2. The van der Waals surface area contributed by atoms with Crippen LogP contribution in [-0.2, 0) is 16.0 Å². The van der Waals surface area contributed by atoms with Crippen LogP contribution in [0.15, 0.2) is 89.5 Å². The lowest BCUT2D eigenvalue weighted by Crippen LogP contribution is -2.30. The number of aliphatic hydroxyl groups is 1. The van der Waals surface area contributed by atoms with Gasteiger partial charge in [-0.05, 0) is 35.6 Å². The average molecular weight is 389 g/mol. The molecular weight excluding hydrogens is 370 g/mol. The molecule has 5 heteroatoms. The number of amides is 1. The number of thiophene rings is 1. The molecule has 1 unspecified atom stereocenters. The molecule has 2 aromatic carbocycles. The van der Waals surface area contributed by atoms with Gasteiger partial charge in [-0.25, -0.2) is 0 Å². The second kappa shape index (κ2) is 7.82. The minimum Gasteiger partial charge on any atom is -0.503 e. The Balaban J connectivity index is 1.68. The van der Waals surface area contributed by atoms with Crippen molar-refractivity contribution in [2.45, 2.75) is 18.9 Å². The van der Waals surface area contributed by atoms with Crippen molar-refractivity contribution in [3.8, 4) is 0 Å². The second-order valence-electron chi connectivity index (χ2n) is 6.60. The van der Waals surface area contributed by atoms with Crippen LogP contribution in [0.1, 0.15) is 22.9 Å². The molecule has 1 aliphatic rings. The molecule has 1 amide bonds. The van der Waals surface area contributed by atoms with E-state index in [1.165, 1.54) is 16.2 Å². The summed E-state index contributed by atoms with van der Waals surface area (Å²) in [6.45, 7) is 0. The Morgan fingerprint density at radius 2 is 1.64 bits per heavy atom. The van der Waals surface area contributed by atoms with E-state index in [1.807, 2.05) is 78.2 Å². The van der Waals surface area contributed by atoms with Crippen molar-refractivity contribution in [3.63, 3.8) is 0 Å². The van der Waals surface area contributed by atoms with E-state index in [-0.39, 0.29) is 17.8 Å². The normalized spacial score (nSPS) is 16.6. The topological polar surface area (TPSA) is 57.6 Å². The first-order valence-corrected chi connectivity index (χ1v) is 9.97. The van der Waals surface area contributed by atoms with E-state index in [0.717, 1.165) is 10.4 Å². The highest BCUT2D eigenvalue weighted by molar-refractivity contribution is 7.10. The molecule has 4 nitrogen and oxygen atoms in total. The number of anilines is 1. The zero-order valence-corrected chi connectivity index (χ0v) is 15.9. The molecule has 1 aliphatic heterocycles. The van der Waals surface area contributed by atoms with Crippen molar-refractivity contribution < 1.29 is 14.7 Å². The molecule has 28 heavy (non-hydrogen) atoms. The molecule has 3 aromatic rings. The summed E-state index contributed by atoms with van der Waals surface area (Å²) in [6, 6.07) is 22.1. The Labute approximate surface area is 167 Å². The number of hydrogen-bond donors (Lipinski definition) is 1. The molecule has 0 saturated carbocycles. The SMILES string of the molecule is O=C(CCc1ccccc1)C1=C(O)C(=O)N(c2ccccc2)C1c1cccs1. The summed E-state index contributed by atoms with van der Waals surface area (Å²) in [4.78, 5) is 28.3. The quantitative estimate of drug-likeness (QED) is 0.656. The van der Waals surface area contributed by atoms with Gasteiger partial charge in [0, 0.05) is 17.0 Å². The number of nitrogens with zero attached hydrogens (tertiary/aromatic N) is 1. The molecule has 0 aliphatic carbocycles. The fourth-order valence-electron chi connectivity index (χ4n) is 3.50. The molecule has 4 rings (SSSR count). The first kappa shape index (κ1) is 18.2. The van der Waals surface area contributed by atoms with Crippen molar-refractivity contribution in [3.05, 3.63) is 99.9 Å². The zero-order valence-electron chi connectivity index (χ0n) is 15.1. The fraction of sp³-hybridized carbons (Fsp3) is 0.130. The summed E-state index contributed by atoms with van der Waals surface area (Å²) in [5, 5.41) is 12.5. The number of hydrogen-bond acceptors (Lipinski definition) is 4. The van der Waals surface area contributed by atoms with E-state index < -0.39 is 17.7 Å². The molecular formula is C23H19NO3S. The number of para-hydroxylation sites is 1. The van der Waals surface area contributed by atoms with Crippen molar-refractivity contribution >= 4 is 28.7 Å². The lowest BCUT2D eigenvalue weighted by Gasteiger charge is -2.25. The van der Waals surface area contributed by atoms with Crippen LogP contribution in [0.25, 0.3) is 0 Å². The highest BCUT2D eigenvalue weighted by atomic mass is 32.1. The Morgan fingerprint density at radius 1 is 0.964 bits per heavy atom. The third-order valence-corrected chi connectivity index (χ3v) is 5.76. The summed E-state index contributed by atoms with van der Waals surface area (Å²) < 4.78 is 0. The number of ketones is 1. The van der Waals surface area contributed by atoms with E-state index in [9.17, 15) is 14.7 Å². The van der Waals surface area contributed by atoms with Gasteiger partial charge in [0.25, 0.3) is 5.91 Å². The molecule has 1 atom stereocenters. The summed E-state index contributed by atoms with van der Waals surface area (Å²) in [6.07, 6.45) is 0.800. The van der Waals surface area contributed by atoms with Crippen LogP contribution in [0, 0.1) is 0 Å². The van der Waals surface area contributed by atoms with Gasteiger partial charge in [0.05, 0.1) is 5.57 Å². The van der Waals surface area contributed by atoms with Gasteiger partial charge in [0.2, 0.25) is 0 Å². The third kappa shape index (κ3) is 3.37. The van der Waals surface area contributed by atoms with Crippen LogP contribution < -0.4 is 4.90 Å². The van der Waals surface area contributed by atoms with E-state index in [4.69, 9.17) is 0 Å². The van der Waals surface area contributed by atoms with Crippen LogP contribution in [0.5, 0.6) is 0 Å². The van der Waals surface area contributed by atoms with E-state index in [0.29, 0.717) is 12.1 Å². The average Bonchev–Trinajstić information content (AvgIpc) is 3.35. The summed E-state index contributed by atoms with van der Waals surface area (Å²) >= 11 is 1.47. The van der Waals surface area contributed by atoms with Crippen LogP contribution in [0.4, 0.5) is 5.69 Å². The maximum atomic E-state index is 13.1. The maximum absolute atomic E-state index is 13.1. The molecule has 140 valence electrons. The largest absolute Gasteiger partial charge is 0.503 e. The Hall–Kier alpha value is -3.18. The van der Waals surface area contributed by atoms with Gasteiger partial charge in [-0.1, -0.05) is 54.6 Å². The fourth-order valence-corrected chi connectivity index (χ4v) is 4.32. The molecule has 1 aromatic heterocycles. The van der Waals surface area contributed by atoms with Crippen LogP contribution >= 0.6 is 11.3 Å². The molecule has 0 spiro atoms. The number of Topliss-reactive ketones (excluding diaryl/α,β-unsaturated/α-hetero) is 1. The molecule has 1 N–H and O–H groups in total.